The summed E-state index contributed by atoms with van der Waals surface area (Å²) in [4.78, 5) is 12.8. The maximum atomic E-state index is 11.5. The molecule has 0 aliphatic carbocycles. The van der Waals surface area contributed by atoms with Crippen LogP contribution >= 0.6 is 11.3 Å². The first-order valence-corrected chi connectivity index (χ1v) is 7.10. The Balaban J connectivity index is 1.83. The molecule has 2 aromatic rings. The second-order valence-corrected chi connectivity index (χ2v) is 4.95. The summed E-state index contributed by atoms with van der Waals surface area (Å²) in [6.07, 6.45) is 0.900. The highest BCUT2D eigenvalue weighted by Crippen LogP contribution is 2.14. The van der Waals surface area contributed by atoms with Crippen molar-refractivity contribution in [1.29, 1.82) is 0 Å². The molecular formula is C15H16O3S. The van der Waals surface area contributed by atoms with Crippen LogP contribution in [0.3, 0.4) is 0 Å². The van der Waals surface area contributed by atoms with Crippen LogP contribution in [0.25, 0.3) is 0 Å². The SMILES string of the molecule is CCOC(=O)c1ccc(OCCc2cccs2)cc1. The van der Waals surface area contributed by atoms with Crippen LogP contribution in [0, 0.1) is 0 Å². The van der Waals surface area contributed by atoms with E-state index in [9.17, 15) is 4.79 Å². The fourth-order valence-corrected chi connectivity index (χ4v) is 2.32. The number of rotatable bonds is 6. The van der Waals surface area contributed by atoms with E-state index in [1.807, 2.05) is 6.07 Å². The van der Waals surface area contributed by atoms with E-state index in [2.05, 4.69) is 11.4 Å². The van der Waals surface area contributed by atoms with Crippen molar-refractivity contribution in [2.24, 2.45) is 0 Å². The van der Waals surface area contributed by atoms with Gasteiger partial charge in [0.2, 0.25) is 0 Å². The first kappa shape index (κ1) is 13.6. The average Bonchev–Trinajstić information content (AvgIpc) is 2.93. The minimum absolute atomic E-state index is 0.298. The van der Waals surface area contributed by atoms with E-state index in [1.165, 1.54) is 4.88 Å². The highest BCUT2D eigenvalue weighted by Gasteiger charge is 2.05. The lowest BCUT2D eigenvalue weighted by Crippen LogP contribution is -2.05. The van der Waals surface area contributed by atoms with E-state index in [0.717, 1.165) is 12.2 Å². The van der Waals surface area contributed by atoms with E-state index in [0.29, 0.717) is 18.8 Å². The molecule has 1 heterocycles. The Labute approximate surface area is 116 Å². The van der Waals surface area contributed by atoms with E-state index >= 15 is 0 Å². The molecule has 100 valence electrons. The highest BCUT2D eigenvalue weighted by atomic mass is 32.1. The molecule has 0 atom stereocenters. The molecule has 4 heteroatoms. The van der Waals surface area contributed by atoms with Gasteiger partial charge in [-0.2, -0.15) is 0 Å². The smallest absolute Gasteiger partial charge is 0.338 e. The zero-order valence-electron chi connectivity index (χ0n) is 10.8. The topological polar surface area (TPSA) is 35.5 Å². The number of carbonyl (C=O) groups is 1. The van der Waals surface area contributed by atoms with Crippen LogP contribution in [-0.2, 0) is 11.2 Å². The lowest BCUT2D eigenvalue weighted by atomic mass is 10.2. The Hall–Kier alpha value is -1.81. The van der Waals surface area contributed by atoms with Gasteiger partial charge in [-0.15, -0.1) is 11.3 Å². The van der Waals surface area contributed by atoms with Crippen molar-refractivity contribution in [3.8, 4) is 5.75 Å². The molecule has 0 radical (unpaired) electrons. The summed E-state index contributed by atoms with van der Waals surface area (Å²) in [6, 6.07) is 11.2. The van der Waals surface area contributed by atoms with Crippen LogP contribution in [0.2, 0.25) is 0 Å². The molecular weight excluding hydrogens is 260 g/mol. The molecule has 1 aromatic heterocycles. The highest BCUT2D eigenvalue weighted by molar-refractivity contribution is 7.09. The number of carbonyl (C=O) groups excluding carboxylic acids is 1. The molecule has 1 aromatic carbocycles. The molecule has 0 aliphatic rings. The molecule has 0 unspecified atom stereocenters. The van der Waals surface area contributed by atoms with Crippen LogP contribution in [0.4, 0.5) is 0 Å². The van der Waals surface area contributed by atoms with Crippen LogP contribution in [0.15, 0.2) is 41.8 Å². The second kappa shape index (κ2) is 6.95. The summed E-state index contributed by atoms with van der Waals surface area (Å²) in [5.41, 5.74) is 0.549. The summed E-state index contributed by atoms with van der Waals surface area (Å²) < 4.78 is 10.5. The van der Waals surface area contributed by atoms with Crippen molar-refractivity contribution in [2.75, 3.05) is 13.2 Å². The van der Waals surface area contributed by atoms with Crippen molar-refractivity contribution in [1.82, 2.24) is 0 Å². The fourth-order valence-electron chi connectivity index (χ4n) is 1.63. The van der Waals surface area contributed by atoms with E-state index < -0.39 is 0 Å². The summed E-state index contributed by atoms with van der Waals surface area (Å²) in [5, 5.41) is 2.06. The number of benzene rings is 1. The molecule has 0 amide bonds. The van der Waals surface area contributed by atoms with Crippen LogP contribution in [0.1, 0.15) is 22.2 Å². The standard InChI is InChI=1S/C15H16O3S/c1-2-17-15(16)12-5-7-13(8-6-12)18-10-9-14-4-3-11-19-14/h3-8,11H,2,9-10H2,1H3. The first-order chi connectivity index (χ1) is 9.29. The predicted octanol–water partition coefficient (Wildman–Crippen LogP) is 3.55. The molecule has 0 saturated carbocycles. The van der Waals surface area contributed by atoms with Crippen molar-refractivity contribution >= 4 is 17.3 Å². The lowest BCUT2D eigenvalue weighted by Gasteiger charge is -2.06. The monoisotopic (exact) mass is 276 g/mol. The number of hydrogen-bond acceptors (Lipinski definition) is 4. The van der Waals surface area contributed by atoms with Gasteiger partial charge in [-0.1, -0.05) is 6.07 Å². The minimum atomic E-state index is -0.298. The number of thiophene rings is 1. The molecule has 0 saturated heterocycles. The van der Waals surface area contributed by atoms with Crippen molar-refractivity contribution < 1.29 is 14.3 Å². The number of hydrogen-bond donors (Lipinski definition) is 0. The Morgan fingerprint density at radius 1 is 1.21 bits per heavy atom. The molecule has 0 aliphatic heterocycles. The van der Waals surface area contributed by atoms with Gasteiger partial charge in [-0.05, 0) is 42.6 Å². The Morgan fingerprint density at radius 3 is 2.63 bits per heavy atom. The fraction of sp³-hybridized carbons (Fsp3) is 0.267. The van der Waals surface area contributed by atoms with Gasteiger partial charge in [0.1, 0.15) is 5.75 Å². The normalized spacial score (nSPS) is 10.2. The molecule has 0 N–H and O–H groups in total. The van der Waals surface area contributed by atoms with Crippen LogP contribution in [-0.4, -0.2) is 19.2 Å². The van der Waals surface area contributed by atoms with Crippen molar-refractivity contribution in [2.45, 2.75) is 13.3 Å². The third-order valence-electron chi connectivity index (χ3n) is 2.56. The number of ether oxygens (including phenoxy) is 2. The van der Waals surface area contributed by atoms with Gasteiger partial charge < -0.3 is 9.47 Å². The maximum Gasteiger partial charge on any atom is 0.338 e. The van der Waals surface area contributed by atoms with Gasteiger partial charge in [0.15, 0.2) is 0 Å². The van der Waals surface area contributed by atoms with E-state index in [-0.39, 0.29) is 5.97 Å². The van der Waals surface area contributed by atoms with Gasteiger partial charge in [-0.25, -0.2) is 4.79 Å². The molecule has 3 nitrogen and oxygen atoms in total. The van der Waals surface area contributed by atoms with Gasteiger partial charge in [-0.3, -0.25) is 0 Å². The van der Waals surface area contributed by atoms with Gasteiger partial charge >= 0.3 is 5.97 Å². The van der Waals surface area contributed by atoms with Crippen molar-refractivity contribution in [3.63, 3.8) is 0 Å². The first-order valence-electron chi connectivity index (χ1n) is 6.22. The third kappa shape index (κ3) is 4.10. The van der Waals surface area contributed by atoms with Crippen LogP contribution < -0.4 is 4.74 Å². The summed E-state index contributed by atoms with van der Waals surface area (Å²) >= 11 is 1.73. The largest absolute Gasteiger partial charge is 0.493 e. The van der Waals surface area contributed by atoms with Gasteiger partial charge in [0, 0.05) is 11.3 Å². The summed E-state index contributed by atoms with van der Waals surface area (Å²) in [5.74, 6) is 0.470. The quantitative estimate of drug-likeness (QED) is 0.757. The summed E-state index contributed by atoms with van der Waals surface area (Å²) in [6.45, 7) is 2.82. The zero-order chi connectivity index (χ0) is 13.5. The Bertz CT molecular complexity index is 503. The minimum Gasteiger partial charge on any atom is -0.493 e. The van der Waals surface area contributed by atoms with Gasteiger partial charge in [0.05, 0.1) is 18.8 Å². The van der Waals surface area contributed by atoms with Gasteiger partial charge in [0.25, 0.3) is 0 Å². The summed E-state index contributed by atoms with van der Waals surface area (Å²) in [7, 11) is 0. The molecule has 0 fully saturated rings. The number of esters is 1. The Morgan fingerprint density at radius 2 is 2.00 bits per heavy atom. The molecule has 2 rings (SSSR count). The molecule has 0 spiro atoms. The average molecular weight is 276 g/mol. The second-order valence-electron chi connectivity index (χ2n) is 3.92. The predicted molar refractivity (Wildman–Crippen MR) is 75.9 cm³/mol. The van der Waals surface area contributed by atoms with Crippen LogP contribution in [0.5, 0.6) is 5.75 Å². The van der Waals surface area contributed by atoms with E-state index in [4.69, 9.17) is 9.47 Å². The molecule has 19 heavy (non-hydrogen) atoms. The molecule has 0 bridgehead atoms. The maximum absolute atomic E-state index is 11.5. The third-order valence-corrected chi connectivity index (χ3v) is 3.50. The Kier molecular flexibility index (Phi) is 4.98. The van der Waals surface area contributed by atoms with E-state index in [1.54, 1.807) is 42.5 Å². The zero-order valence-corrected chi connectivity index (χ0v) is 11.6. The van der Waals surface area contributed by atoms with Crippen molar-refractivity contribution in [3.05, 3.63) is 52.2 Å². The lowest BCUT2D eigenvalue weighted by molar-refractivity contribution is 0.0526.